The fraction of sp³-hybridized carbons (Fsp3) is 0.812. The molecule has 1 heterocycles. The van der Waals surface area contributed by atoms with Gasteiger partial charge in [-0.05, 0) is 37.6 Å². The topological polar surface area (TPSA) is 29.9 Å². The van der Waals surface area contributed by atoms with Gasteiger partial charge in [0, 0.05) is 19.3 Å². The molecular weight excluding hydrogens is 234 g/mol. The van der Waals surface area contributed by atoms with E-state index in [2.05, 4.69) is 28.7 Å². The highest BCUT2D eigenvalue weighted by atomic mass is 15.1. The standard InChI is InChI=1S/C16H29N3/c1-3-9-19-13-18-12-16(19)11-17-10-15-7-5-14(4-2)6-8-15/h12-15,17H,3-11H2,1-2H3. The predicted octanol–water partition coefficient (Wildman–Crippen LogP) is 3.60. The summed E-state index contributed by atoms with van der Waals surface area (Å²) in [4.78, 5) is 4.25. The quantitative estimate of drug-likeness (QED) is 0.814. The molecule has 2 rings (SSSR count). The Morgan fingerprint density at radius 1 is 1.21 bits per heavy atom. The first-order valence-corrected chi connectivity index (χ1v) is 8.03. The lowest BCUT2D eigenvalue weighted by Gasteiger charge is -2.27. The van der Waals surface area contributed by atoms with Crippen molar-refractivity contribution >= 4 is 0 Å². The fourth-order valence-electron chi connectivity index (χ4n) is 3.19. The second kappa shape index (κ2) is 7.68. The van der Waals surface area contributed by atoms with E-state index in [0.29, 0.717) is 0 Å². The number of nitrogens with zero attached hydrogens (tertiary/aromatic N) is 2. The van der Waals surface area contributed by atoms with Crippen LogP contribution < -0.4 is 5.32 Å². The number of rotatable bonds is 7. The molecule has 1 N–H and O–H groups in total. The van der Waals surface area contributed by atoms with Gasteiger partial charge in [-0.3, -0.25) is 0 Å². The second-order valence-electron chi connectivity index (χ2n) is 6.00. The van der Waals surface area contributed by atoms with Gasteiger partial charge in [0.25, 0.3) is 0 Å². The van der Waals surface area contributed by atoms with Crippen LogP contribution in [0, 0.1) is 11.8 Å². The zero-order chi connectivity index (χ0) is 13.5. The van der Waals surface area contributed by atoms with Crippen molar-refractivity contribution in [2.45, 2.75) is 65.5 Å². The second-order valence-corrected chi connectivity index (χ2v) is 6.00. The molecule has 19 heavy (non-hydrogen) atoms. The van der Waals surface area contributed by atoms with Gasteiger partial charge in [-0.25, -0.2) is 4.98 Å². The molecule has 1 aliphatic rings. The summed E-state index contributed by atoms with van der Waals surface area (Å²) in [5.74, 6) is 1.90. The molecule has 3 nitrogen and oxygen atoms in total. The molecule has 0 amide bonds. The van der Waals surface area contributed by atoms with Crippen LogP contribution in [0.4, 0.5) is 0 Å². The third-order valence-electron chi connectivity index (χ3n) is 4.55. The van der Waals surface area contributed by atoms with Gasteiger partial charge in [0.05, 0.1) is 12.0 Å². The molecule has 108 valence electrons. The predicted molar refractivity (Wildman–Crippen MR) is 80.0 cm³/mol. The molecule has 3 heteroatoms. The van der Waals surface area contributed by atoms with Gasteiger partial charge in [0.1, 0.15) is 0 Å². The van der Waals surface area contributed by atoms with Crippen LogP contribution in [0.3, 0.4) is 0 Å². The van der Waals surface area contributed by atoms with E-state index in [-0.39, 0.29) is 0 Å². The van der Waals surface area contributed by atoms with Gasteiger partial charge in [-0.1, -0.05) is 33.1 Å². The summed E-state index contributed by atoms with van der Waals surface area (Å²) in [5.41, 5.74) is 1.32. The third-order valence-corrected chi connectivity index (χ3v) is 4.55. The first kappa shape index (κ1) is 14.6. The lowest BCUT2D eigenvalue weighted by molar-refractivity contribution is 0.262. The third kappa shape index (κ3) is 4.34. The van der Waals surface area contributed by atoms with E-state index in [1.807, 2.05) is 12.5 Å². The van der Waals surface area contributed by atoms with Crippen molar-refractivity contribution in [3.8, 4) is 0 Å². The summed E-state index contributed by atoms with van der Waals surface area (Å²) in [6.45, 7) is 7.77. The number of nitrogens with one attached hydrogen (secondary N) is 1. The summed E-state index contributed by atoms with van der Waals surface area (Å²) in [6, 6.07) is 0. The Kier molecular flexibility index (Phi) is 5.90. The zero-order valence-corrected chi connectivity index (χ0v) is 12.6. The van der Waals surface area contributed by atoms with Crippen molar-refractivity contribution in [1.29, 1.82) is 0 Å². The molecule has 0 bridgehead atoms. The normalized spacial score (nSPS) is 23.7. The maximum atomic E-state index is 4.25. The summed E-state index contributed by atoms with van der Waals surface area (Å²) >= 11 is 0. The highest BCUT2D eigenvalue weighted by Gasteiger charge is 2.19. The maximum Gasteiger partial charge on any atom is 0.0948 e. The molecule has 1 aromatic rings. The van der Waals surface area contributed by atoms with Crippen molar-refractivity contribution in [2.24, 2.45) is 11.8 Å². The Labute approximate surface area is 117 Å². The van der Waals surface area contributed by atoms with Gasteiger partial charge in [0.2, 0.25) is 0 Å². The van der Waals surface area contributed by atoms with E-state index < -0.39 is 0 Å². The molecule has 0 atom stereocenters. The highest BCUT2D eigenvalue weighted by Crippen LogP contribution is 2.30. The van der Waals surface area contributed by atoms with Crippen LogP contribution in [0.5, 0.6) is 0 Å². The van der Waals surface area contributed by atoms with Crippen LogP contribution >= 0.6 is 0 Å². The highest BCUT2D eigenvalue weighted by molar-refractivity contribution is 4.97. The number of hydrogen-bond donors (Lipinski definition) is 1. The maximum absolute atomic E-state index is 4.25. The lowest BCUT2D eigenvalue weighted by atomic mass is 9.81. The van der Waals surface area contributed by atoms with Crippen LogP contribution in [-0.2, 0) is 13.1 Å². The van der Waals surface area contributed by atoms with E-state index in [0.717, 1.165) is 24.9 Å². The molecule has 0 radical (unpaired) electrons. The molecule has 0 spiro atoms. The average Bonchev–Trinajstić information content (AvgIpc) is 2.88. The summed E-state index contributed by atoms with van der Waals surface area (Å²) in [6.07, 6.45) is 12.2. The van der Waals surface area contributed by atoms with Crippen LogP contribution in [0.15, 0.2) is 12.5 Å². The molecule has 1 fully saturated rings. The van der Waals surface area contributed by atoms with Gasteiger partial charge in [-0.2, -0.15) is 0 Å². The molecule has 1 aliphatic carbocycles. The van der Waals surface area contributed by atoms with Crippen LogP contribution in [0.1, 0.15) is 58.1 Å². The van der Waals surface area contributed by atoms with Gasteiger partial charge >= 0.3 is 0 Å². The van der Waals surface area contributed by atoms with Crippen molar-refractivity contribution in [2.75, 3.05) is 6.54 Å². The van der Waals surface area contributed by atoms with E-state index in [9.17, 15) is 0 Å². The Balaban J connectivity index is 1.67. The van der Waals surface area contributed by atoms with Crippen LogP contribution in [0.2, 0.25) is 0 Å². The minimum absolute atomic E-state index is 0.894. The zero-order valence-electron chi connectivity index (χ0n) is 12.6. The van der Waals surface area contributed by atoms with E-state index in [4.69, 9.17) is 0 Å². The minimum atomic E-state index is 0.894. The summed E-state index contributed by atoms with van der Waals surface area (Å²) in [7, 11) is 0. The Morgan fingerprint density at radius 2 is 1.95 bits per heavy atom. The van der Waals surface area contributed by atoms with E-state index >= 15 is 0 Å². The van der Waals surface area contributed by atoms with Gasteiger partial charge < -0.3 is 9.88 Å². The molecule has 0 aliphatic heterocycles. The monoisotopic (exact) mass is 263 g/mol. The largest absolute Gasteiger partial charge is 0.333 e. The first-order valence-electron chi connectivity index (χ1n) is 8.03. The smallest absolute Gasteiger partial charge is 0.0948 e. The van der Waals surface area contributed by atoms with Gasteiger partial charge in [0.15, 0.2) is 0 Å². The van der Waals surface area contributed by atoms with Crippen LogP contribution in [-0.4, -0.2) is 16.1 Å². The molecule has 1 saturated carbocycles. The van der Waals surface area contributed by atoms with Crippen LogP contribution in [0.25, 0.3) is 0 Å². The fourth-order valence-corrected chi connectivity index (χ4v) is 3.19. The van der Waals surface area contributed by atoms with Crippen molar-refractivity contribution in [3.05, 3.63) is 18.2 Å². The Morgan fingerprint density at radius 3 is 2.63 bits per heavy atom. The summed E-state index contributed by atoms with van der Waals surface area (Å²) < 4.78 is 2.26. The molecule has 1 aromatic heterocycles. The van der Waals surface area contributed by atoms with E-state index in [1.165, 1.54) is 50.8 Å². The van der Waals surface area contributed by atoms with Gasteiger partial charge in [-0.15, -0.1) is 0 Å². The van der Waals surface area contributed by atoms with E-state index in [1.54, 1.807) is 0 Å². The molecule has 0 unspecified atom stereocenters. The Bertz CT molecular complexity index is 351. The number of imidazole rings is 1. The van der Waals surface area contributed by atoms with Crippen molar-refractivity contribution in [1.82, 2.24) is 14.9 Å². The lowest BCUT2D eigenvalue weighted by Crippen LogP contribution is -2.26. The Hall–Kier alpha value is -0.830. The van der Waals surface area contributed by atoms with Crippen molar-refractivity contribution in [3.63, 3.8) is 0 Å². The number of aromatic nitrogens is 2. The minimum Gasteiger partial charge on any atom is -0.333 e. The molecule has 0 aromatic carbocycles. The molecular formula is C16H29N3. The number of hydrogen-bond acceptors (Lipinski definition) is 2. The molecule has 0 saturated heterocycles. The average molecular weight is 263 g/mol. The number of aryl methyl sites for hydroxylation is 1. The van der Waals surface area contributed by atoms with Crippen molar-refractivity contribution < 1.29 is 0 Å². The first-order chi connectivity index (χ1) is 9.33. The SMILES string of the molecule is CCCn1cncc1CNCC1CCC(CC)CC1. The summed E-state index contributed by atoms with van der Waals surface area (Å²) in [5, 5.41) is 3.63.